The van der Waals surface area contributed by atoms with Crippen molar-refractivity contribution in [3.63, 3.8) is 0 Å². The fourth-order valence-electron chi connectivity index (χ4n) is 2.48. The number of rotatable bonds is 2. The van der Waals surface area contributed by atoms with Gasteiger partial charge in [-0.3, -0.25) is 10.1 Å². The third-order valence-electron chi connectivity index (χ3n) is 3.28. The molecule has 0 aliphatic carbocycles. The number of hydrogen-bond acceptors (Lipinski definition) is 5. The normalized spacial score (nSPS) is 24.1. The number of anilines is 1. The van der Waals surface area contributed by atoms with E-state index in [1.807, 2.05) is 0 Å². The van der Waals surface area contributed by atoms with Crippen molar-refractivity contribution in [2.45, 2.75) is 26.3 Å². The Kier molecular flexibility index (Phi) is 3.47. The lowest BCUT2D eigenvalue weighted by Gasteiger charge is -2.35. The van der Waals surface area contributed by atoms with E-state index in [0.717, 1.165) is 25.3 Å². The third-order valence-corrected chi connectivity index (χ3v) is 3.28. The molecule has 2 rings (SSSR count). The van der Waals surface area contributed by atoms with E-state index in [2.05, 4.69) is 16.8 Å². The van der Waals surface area contributed by atoms with E-state index < -0.39 is 4.92 Å². The monoisotopic (exact) mass is 250 g/mol. The second-order valence-electron chi connectivity index (χ2n) is 5.09. The molecule has 1 aromatic heterocycles. The second-order valence-corrected chi connectivity index (χ2v) is 5.09. The predicted molar refractivity (Wildman–Crippen MR) is 69.6 cm³/mol. The molecule has 2 unspecified atom stereocenters. The van der Waals surface area contributed by atoms with Crippen LogP contribution in [0.5, 0.6) is 0 Å². The third kappa shape index (κ3) is 2.59. The van der Waals surface area contributed by atoms with E-state index in [-0.39, 0.29) is 11.7 Å². The topological polar surface area (TPSA) is 85.3 Å². The molecule has 18 heavy (non-hydrogen) atoms. The smallest absolute Gasteiger partial charge is 0.290 e. The summed E-state index contributed by atoms with van der Waals surface area (Å²) >= 11 is 0. The maximum Gasteiger partial charge on any atom is 0.290 e. The number of nitrogens with two attached hydrogens (primary N) is 1. The van der Waals surface area contributed by atoms with Crippen LogP contribution < -0.4 is 10.6 Å². The summed E-state index contributed by atoms with van der Waals surface area (Å²) in [7, 11) is 0. The van der Waals surface area contributed by atoms with Crippen molar-refractivity contribution in [1.29, 1.82) is 0 Å². The van der Waals surface area contributed by atoms with Gasteiger partial charge in [0.2, 0.25) is 0 Å². The molecule has 1 aliphatic rings. The predicted octanol–water partition coefficient (Wildman–Crippen LogP) is 1.47. The second kappa shape index (κ2) is 4.89. The maximum absolute atomic E-state index is 10.7. The van der Waals surface area contributed by atoms with E-state index in [1.165, 1.54) is 6.20 Å². The molecule has 2 heterocycles. The van der Waals surface area contributed by atoms with Crippen LogP contribution in [0.25, 0.3) is 0 Å². The van der Waals surface area contributed by atoms with Gasteiger partial charge in [-0.1, -0.05) is 6.92 Å². The zero-order valence-electron chi connectivity index (χ0n) is 10.7. The highest BCUT2D eigenvalue weighted by Crippen LogP contribution is 2.25. The molecule has 2 N–H and O–H groups in total. The van der Waals surface area contributed by atoms with Crippen LogP contribution in [-0.2, 0) is 0 Å². The van der Waals surface area contributed by atoms with Gasteiger partial charge in [0.05, 0.1) is 4.92 Å². The lowest BCUT2D eigenvalue weighted by atomic mass is 9.96. The van der Waals surface area contributed by atoms with Crippen molar-refractivity contribution >= 4 is 11.5 Å². The van der Waals surface area contributed by atoms with Crippen molar-refractivity contribution in [3.8, 4) is 0 Å². The zero-order valence-corrected chi connectivity index (χ0v) is 10.7. The van der Waals surface area contributed by atoms with Gasteiger partial charge in [-0.15, -0.1) is 0 Å². The first kappa shape index (κ1) is 12.8. The van der Waals surface area contributed by atoms with Crippen molar-refractivity contribution in [2.24, 2.45) is 11.7 Å². The van der Waals surface area contributed by atoms with Gasteiger partial charge in [-0.2, -0.15) is 0 Å². The van der Waals surface area contributed by atoms with Crippen LogP contribution in [0.2, 0.25) is 0 Å². The number of piperidine rings is 1. The molecule has 0 aromatic carbocycles. The summed E-state index contributed by atoms with van der Waals surface area (Å²) in [6.45, 7) is 5.55. The van der Waals surface area contributed by atoms with Gasteiger partial charge in [0.1, 0.15) is 12.0 Å². The Morgan fingerprint density at radius 2 is 2.28 bits per heavy atom. The number of hydrogen-bond donors (Lipinski definition) is 1. The first-order valence-electron chi connectivity index (χ1n) is 6.09. The van der Waals surface area contributed by atoms with Crippen molar-refractivity contribution in [1.82, 2.24) is 4.98 Å². The Morgan fingerprint density at radius 1 is 1.56 bits per heavy atom. The lowest BCUT2D eigenvalue weighted by molar-refractivity contribution is -0.385. The largest absolute Gasteiger partial charge is 0.355 e. The number of nitrogens with zero attached hydrogens (tertiary/aromatic N) is 3. The van der Waals surface area contributed by atoms with E-state index in [9.17, 15) is 10.1 Å². The molecular weight excluding hydrogens is 232 g/mol. The summed E-state index contributed by atoms with van der Waals surface area (Å²) in [5, 5.41) is 10.7. The highest BCUT2D eigenvalue weighted by molar-refractivity contribution is 5.49. The summed E-state index contributed by atoms with van der Waals surface area (Å²) in [5.74, 6) is 1.30. The van der Waals surface area contributed by atoms with Crippen LogP contribution in [0, 0.1) is 23.0 Å². The SMILES string of the molecule is Cc1cc(N2CC(C)CC(N)C2)ncc1[N+](=O)[O-]. The average Bonchev–Trinajstić information content (AvgIpc) is 2.26. The summed E-state index contributed by atoms with van der Waals surface area (Å²) in [4.78, 5) is 16.6. The van der Waals surface area contributed by atoms with E-state index in [4.69, 9.17) is 5.73 Å². The van der Waals surface area contributed by atoms with Crippen LogP contribution >= 0.6 is 0 Å². The molecule has 2 atom stereocenters. The van der Waals surface area contributed by atoms with Crippen LogP contribution in [0.15, 0.2) is 12.3 Å². The van der Waals surface area contributed by atoms with Gasteiger partial charge in [0.25, 0.3) is 5.69 Å². The highest BCUT2D eigenvalue weighted by atomic mass is 16.6. The van der Waals surface area contributed by atoms with Gasteiger partial charge >= 0.3 is 0 Å². The number of aryl methyl sites for hydroxylation is 1. The number of pyridine rings is 1. The van der Waals surface area contributed by atoms with E-state index >= 15 is 0 Å². The molecule has 1 aliphatic heterocycles. The van der Waals surface area contributed by atoms with Gasteiger partial charge in [-0.25, -0.2) is 4.98 Å². The fourth-order valence-corrected chi connectivity index (χ4v) is 2.48. The van der Waals surface area contributed by atoms with Crippen molar-refractivity contribution in [3.05, 3.63) is 27.9 Å². The molecule has 6 nitrogen and oxygen atoms in total. The maximum atomic E-state index is 10.7. The molecule has 0 saturated carbocycles. The fraction of sp³-hybridized carbons (Fsp3) is 0.583. The molecular formula is C12H18N4O2. The molecule has 1 fully saturated rings. The standard InChI is InChI=1S/C12H18N4O2/c1-8-3-10(13)7-15(6-8)12-4-9(2)11(5-14-12)16(17)18/h4-5,8,10H,3,6-7,13H2,1-2H3. The minimum atomic E-state index is -0.406. The molecule has 1 saturated heterocycles. The average molecular weight is 250 g/mol. The molecule has 6 heteroatoms. The molecule has 1 aromatic rings. The Labute approximate surface area is 106 Å². The minimum Gasteiger partial charge on any atom is -0.355 e. The summed E-state index contributed by atoms with van der Waals surface area (Å²) in [5.41, 5.74) is 6.69. The number of aromatic nitrogens is 1. The Morgan fingerprint density at radius 3 is 2.83 bits per heavy atom. The van der Waals surface area contributed by atoms with Crippen LogP contribution in [0.4, 0.5) is 11.5 Å². The Bertz CT molecular complexity index is 453. The first-order valence-corrected chi connectivity index (χ1v) is 6.09. The summed E-state index contributed by atoms with van der Waals surface area (Å²) in [6.07, 6.45) is 2.35. The first-order chi connectivity index (χ1) is 8.47. The van der Waals surface area contributed by atoms with Gasteiger partial charge in [0.15, 0.2) is 0 Å². The Hall–Kier alpha value is -1.69. The molecule has 0 radical (unpaired) electrons. The summed E-state index contributed by atoms with van der Waals surface area (Å²) in [6, 6.07) is 1.91. The van der Waals surface area contributed by atoms with E-state index in [0.29, 0.717) is 11.5 Å². The van der Waals surface area contributed by atoms with Crippen molar-refractivity contribution < 1.29 is 4.92 Å². The molecule has 0 amide bonds. The van der Waals surface area contributed by atoms with Crippen molar-refractivity contribution in [2.75, 3.05) is 18.0 Å². The van der Waals surface area contributed by atoms with Gasteiger partial charge in [0, 0.05) is 24.7 Å². The van der Waals surface area contributed by atoms with Crippen LogP contribution in [-0.4, -0.2) is 29.0 Å². The lowest BCUT2D eigenvalue weighted by Crippen LogP contribution is -2.46. The molecule has 0 bridgehead atoms. The van der Waals surface area contributed by atoms with Gasteiger partial charge in [-0.05, 0) is 25.3 Å². The van der Waals surface area contributed by atoms with Gasteiger partial charge < -0.3 is 10.6 Å². The quantitative estimate of drug-likeness (QED) is 0.634. The van der Waals surface area contributed by atoms with Crippen LogP contribution in [0.1, 0.15) is 18.9 Å². The summed E-state index contributed by atoms with van der Waals surface area (Å²) < 4.78 is 0. The number of nitro groups is 1. The minimum absolute atomic E-state index is 0.0631. The molecule has 98 valence electrons. The zero-order chi connectivity index (χ0) is 13.3. The van der Waals surface area contributed by atoms with E-state index in [1.54, 1.807) is 13.0 Å². The molecule has 0 spiro atoms. The van der Waals surface area contributed by atoms with Crippen LogP contribution in [0.3, 0.4) is 0 Å². The Balaban J connectivity index is 2.23. The highest BCUT2D eigenvalue weighted by Gasteiger charge is 2.24.